The van der Waals surface area contributed by atoms with Crippen LogP contribution in [0.3, 0.4) is 0 Å². The van der Waals surface area contributed by atoms with Crippen LogP contribution in [0, 0.1) is 0 Å². The van der Waals surface area contributed by atoms with Crippen molar-refractivity contribution in [1.29, 1.82) is 0 Å². The Hall–Kier alpha value is -2.77. The lowest BCUT2D eigenvalue weighted by molar-refractivity contribution is -0.142. The quantitative estimate of drug-likeness (QED) is 0.677. The zero-order valence-electron chi connectivity index (χ0n) is 15.7. The van der Waals surface area contributed by atoms with Gasteiger partial charge in [0.1, 0.15) is 23.4 Å². The van der Waals surface area contributed by atoms with E-state index in [1.54, 1.807) is 45.0 Å². The van der Waals surface area contributed by atoms with Crippen molar-refractivity contribution in [1.82, 2.24) is 10.6 Å². The van der Waals surface area contributed by atoms with Gasteiger partial charge in [-0.1, -0.05) is 12.1 Å². The Kier molecular flexibility index (Phi) is 7.42. The molecule has 8 heteroatoms. The van der Waals surface area contributed by atoms with Gasteiger partial charge in [0.2, 0.25) is 5.91 Å². The van der Waals surface area contributed by atoms with Crippen LogP contribution in [0.5, 0.6) is 5.75 Å². The van der Waals surface area contributed by atoms with E-state index in [2.05, 4.69) is 10.6 Å². The number of carboxylic acid groups (broad SMARTS) is 1. The molecule has 1 rings (SSSR count). The van der Waals surface area contributed by atoms with E-state index in [0.717, 1.165) is 5.56 Å². The van der Waals surface area contributed by atoms with Crippen LogP contribution in [-0.4, -0.2) is 47.9 Å². The maximum Gasteiger partial charge on any atom is 0.408 e. The first kappa shape index (κ1) is 21.3. The minimum atomic E-state index is -1.17. The third kappa shape index (κ3) is 7.42. The van der Waals surface area contributed by atoms with Gasteiger partial charge in [0.15, 0.2) is 0 Å². The predicted octanol–water partition coefficient (Wildman–Crippen LogP) is 1.72. The molecule has 1 aromatic rings. The SMILES string of the molecule is COc1ccc(C[C@H](NC(=O)[C@H](C)NC(=O)OC(C)(C)C)C(=O)O)cc1. The molecule has 0 saturated heterocycles. The number of rotatable bonds is 7. The van der Waals surface area contributed by atoms with E-state index in [9.17, 15) is 19.5 Å². The van der Waals surface area contributed by atoms with Crippen LogP contribution in [0.25, 0.3) is 0 Å². The number of carbonyl (C=O) groups is 3. The lowest BCUT2D eigenvalue weighted by atomic mass is 10.1. The minimum absolute atomic E-state index is 0.101. The summed E-state index contributed by atoms with van der Waals surface area (Å²) in [5, 5.41) is 14.1. The fraction of sp³-hybridized carbons (Fsp3) is 0.500. The summed E-state index contributed by atoms with van der Waals surface area (Å²) in [4.78, 5) is 35.3. The van der Waals surface area contributed by atoms with E-state index in [0.29, 0.717) is 5.75 Å². The molecule has 0 bridgehead atoms. The average molecular weight is 366 g/mol. The number of nitrogens with one attached hydrogen (secondary N) is 2. The van der Waals surface area contributed by atoms with Gasteiger partial charge in [-0.25, -0.2) is 9.59 Å². The standard InChI is InChI=1S/C18H26N2O6/c1-11(19-17(24)26-18(2,3)4)15(21)20-14(16(22)23)10-12-6-8-13(25-5)9-7-12/h6-9,11,14H,10H2,1-5H3,(H,19,24)(H,20,21)(H,22,23)/t11-,14-/m0/s1. The fourth-order valence-electron chi connectivity index (χ4n) is 2.04. The van der Waals surface area contributed by atoms with Crippen molar-refractivity contribution in [2.75, 3.05) is 7.11 Å². The molecular formula is C18H26N2O6. The molecule has 0 aliphatic heterocycles. The smallest absolute Gasteiger partial charge is 0.408 e. The summed E-state index contributed by atoms with van der Waals surface area (Å²) in [6.45, 7) is 6.55. The Bertz CT molecular complexity index is 636. The van der Waals surface area contributed by atoms with E-state index in [-0.39, 0.29) is 6.42 Å². The van der Waals surface area contributed by atoms with Crippen molar-refractivity contribution >= 4 is 18.0 Å². The number of ether oxygens (including phenoxy) is 2. The third-order valence-electron chi connectivity index (χ3n) is 3.34. The minimum Gasteiger partial charge on any atom is -0.497 e. The van der Waals surface area contributed by atoms with Gasteiger partial charge < -0.3 is 25.2 Å². The summed E-state index contributed by atoms with van der Waals surface area (Å²) in [7, 11) is 1.54. The van der Waals surface area contributed by atoms with Crippen molar-refractivity contribution in [2.24, 2.45) is 0 Å². The van der Waals surface area contributed by atoms with Crippen molar-refractivity contribution in [2.45, 2.75) is 51.8 Å². The van der Waals surface area contributed by atoms with Gasteiger partial charge in [0, 0.05) is 6.42 Å². The second-order valence-electron chi connectivity index (χ2n) is 6.82. The van der Waals surface area contributed by atoms with Crippen molar-refractivity contribution < 1.29 is 29.0 Å². The molecule has 144 valence electrons. The summed E-state index contributed by atoms with van der Waals surface area (Å²) < 4.78 is 10.1. The van der Waals surface area contributed by atoms with Crippen molar-refractivity contribution in [3.63, 3.8) is 0 Å². The molecule has 0 unspecified atom stereocenters. The van der Waals surface area contributed by atoms with E-state index >= 15 is 0 Å². The number of amides is 2. The lowest BCUT2D eigenvalue weighted by Gasteiger charge is -2.22. The molecule has 0 heterocycles. The molecule has 0 radical (unpaired) electrons. The first-order valence-electron chi connectivity index (χ1n) is 8.17. The predicted molar refractivity (Wildman–Crippen MR) is 95.1 cm³/mol. The van der Waals surface area contributed by atoms with E-state index < -0.39 is 35.7 Å². The molecule has 2 amide bonds. The van der Waals surface area contributed by atoms with E-state index in [4.69, 9.17) is 9.47 Å². The van der Waals surface area contributed by atoms with Crippen LogP contribution < -0.4 is 15.4 Å². The Labute approximate surface area is 152 Å². The van der Waals surface area contributed by atoms with Crippen LogP contribution in [0.1, 0.15) is 33.3 Å². The van der Waals surface area contributed by atoms with Gasteiger partial charge in [-0.05, 0) is 45.4 Å². The maximum atomic E-state index is 12.2. The van der Waals surface area contributed by atoms with Crippen LogP contribution >= 0.6 is 0 Å². The highest BCUT2D eigenvalue weighted by Crippen LogP contribution is 2.13. The molecule has 0 aliphatic carbocycles. The number of benzene rings is 1. The molecule has 2 atom stereocenters. The zero-order valence-corrected chi connectivity index (χ0v) is 15.7. The highest BCUT2D eigenvalue weighted by Gasteiger charge is 2.25. The molecule has 1 aromatic carbocycles. The second-order valence-corrected chi connectivity index (χ2v) is 6.82. The van der Waals surface area contributed by atoms with Crippen LogP contribution in [0.2, 0.25) is 0 Å². The molecule has 3 N–H and O–H groups in total. The number of hydrogen-bond acceptors (Lipinski definition) is 5. The van der Waals surface area contributed by atoms with Gasteiger partial charge in [0.05, 0.1) is 7.11 Å². The normalized spacial score (nSPS) is 13.3. The van der Waals surface area contributed by atoms with Gasteiger partial charge >= 0.3 is 12.1 Å². The first-order valence-corrected chi connectivity index (χ1v) is 8.17. The highest BCUT2D eigenvalue weighted by molar-refractivity contribution is 5.89. The van der Waals surface area contributed by atoms with Gasteiger partial charge in [-0.15, -0.1) is 0 Å². The van der Waals surface area contributed by atoms with Crippen molar-refractivity contribution in [3.8, 4) is 5.75 Å². The van der Waals surface area contributed by atoms with Crippen molar-refractivity contribution in [3.05, 3.63) is 29.8 Å². The van der Waals surface area contributed by atoms with E-state index in [1.165, 1.54) is 14.0 Å². The topological polar surface area (TPSA) is 114 Å². The average Bonchev–Trinajstić information content (AvgIpc) is 2.52. The number of carbonyl (C=O) groups excluding carboxylic acids is 2. The highest BCUT2D eigenvalue weighted by atomic mass is 16.6. The molecule has 0 aliphatic rings. The zero-order chi connectivity index (χ0) is 19.9. The molecule has 0 fully saturated rings. The number of aliphatic carboxylic acids is 1. The van der Waals surface area contributed by atoms with Crippen LogP contribution in [-0.2, 0) is 20.7 Å². The molecular weight excluding hydrogens is 340 g/mol. The molecule has 8 nitrogen and oxygen atoms in total. The summed E-state index contributed by atoms with van der Waals surface area (Å²) in [5.41, 5.74) is 0.0318. The van der Waals surface area contributed by atoms with Gasteiger partial charge in [-0.2, -0.15) is 0 Å². The Morgan fingerprint density at radius 2 is 1.69 bits per heavy atom. The third-order valence-corrected chi connectivity index (χ3v) is 3.34. The Morgan fingerprint density at radius 3 is 2.15 bits per heavy atom. The van der Waals surface area contributed by atoms with Gasteiger partial charge in [0.25, 0.3) is 0 Å². The summed E-state index contributed by atoms with van der Waals surface area (Å²) in [6, 6.07) is 4.80. The molecule has 0 saturated carbocycles. The second kappa shape index (κ2) is 9.07. The molecule has 0 aromatic heterocycles. The Morgan fingerprint density at radius 1 is 1.12 bits per heavy atom. The number of hydrogen-bond donors (Lipinski definition) is 3. The first-order chi connectivity index (χ1) is 12.0. The van der Waals surface area contributed by atoms with Gasteiger partial charge in [-0.3, -0.25) is 4.79 Å². The summed E-state index contributed by atoms with van der Waals surface area (Å²) in [6.07, 6.45) is -0.647. The maximum absolute atomic E-state index is 12.2. The van der Waals surface area contributed by atoms with E-state index in [1.807, 2.05) is 0 Å². The van der Waals surface area contributed by atoms with Crippen LogP contribution in [0.15, 0.2) is 24.3 Å². The largest absolute Gasteiger partial charge is 0.497 e. The lowest BCUT2D eigenvalue weighted by Crippen LogP contribution is -2.51. The monoisotopic (exact) mass is 366 g/mol. The Balaban J connectivity index is 2.66. The van der Waals surface area contributed by atoms with Crippen LogP contribution in [0.4, 0.5) is 4.79 Å². The number of carboxylic acids is 1. The number of methoxy groups -OCH3 is 1. The summed E-state index contributed by atoms with van der Waals surface area (Å²) >= 11 is 0. The number of alkyl carbamates (subject to hydrolysis) is 1. The fourth-order valence-corrected chi connectivity index (χ4v) is 2.04. The molecule has 26 heavy (non-hydrogen) atoms. The summed E-state index contributed by atoms with van der Waals surface area (Å²) in [5.74, 6) is -1.13. The molecule has 0 spiro atoms.